The quantitative estimate of drug-likeness (QED) is 0.543. The zero-order valence-electron chi connectivity index (χ0n) is 11.8. The highest BCUT2D eigenvalue weighted by Gasteiger charge is 2.15. The highest BCUT2D eigenvalue weighted by atomic mass is 32.2. The lowest BCUT2D eigenvalue weighted by Gasteiger charge is -2.19. The topological polar surface area (TPSA) is 72.5 Å². The van der Waals surface area contributed by atoms with Crippen LogP contribution in [0.25, 0.3) is 0 Å². The largest absolute Gasteiger partial charge is 0.460 e. The molecule has 5 nitrogen and oxygen atoms in total. The molecule has 0 aliphatic heterocycles. The second kappa shape index (κ2) is 7.74. The van der Waals surface area contributed by atoms with E-state index in [9.17, 15) is 13.2 Å². The monoisotopic (exact) mass is 279 g/mol. The second-order valence-electron chi connectivity index (χ2n) is 5.27. The van der Waals surface area contributed by atoms with Gasteiger partial charge < -0.3 is 4.74 Å². The smallest absolute Gasteiger partial charge is 0.306 e. The zero-order chi connectivity index (χ0) is 14.2. The Hall–Kier alpha value is -0.620. The van der Waals surface area contributed by atoms with Gasteiger partial charge in [0.1, 0.15) is 5.60 Å². The molecule has 0 rings (SSSR count). The number of nitrogens with one attached hydrogen (secondary N) is 1. The predicted octanol–water partition coefficient (Wildman–Crippen LogP) is 1.83. The van der Waals surface area contributed by atoms with E-state index in [1.54, 1.807) is 0 Å². The first-order valence-electron chi connectivity index (χ1n) is 6.29. The summed E-state index contributed by atoms with van der Waals surface area (Å²) >= 11 is 0. The minimum Gasteiger partial charge on any atom is -0.460 e. The van der Waals surface area contributed by atoms with E-state index >= 15 is 0 Å². The van der Waals surface area contributed by atoms with Crippen molar-refractivity contribution in [2.75, 3.05) is 12.8 Å². The molecule has 0 aliphatic rings. The standard InChI is InChI=1S/C12H25NO4S/c1-12(2,3)17-11(14)9-7-5-6-8-10-18(15,16)13-4/h13H,5-10H2,1-4H3. The number of carbonyl (C=O) groups is 1. The molecule has 0 unspecified atom stereocenters. The average molecular weight is 279 g/mol. The Bertz CT molecular complexity index is 344. The third-order valence-electron chi connectivity index (χ3n) is 2.27. The maximum Gasteiger partial charge on any atom is 0.306 e. The fraction of sp³-hybridized carbons (Fsp3) is 0.917. The summed E-state index contributed by atoms with van der Waals surface area (Å²) in [5.41, 5.74) is -0.433. The van der Waals surface area contributed by atoms with Gasteiger partial charge in [-0.25, -0.2) is 13.1 Å². The predicted molar refractivity (Wildman–Crippen MR) is 71.8 cm³/mol. The molecule has 0 aromatic rings. The Kier molecular flexibility index (Phi) is 7.47. The maximum absolute atomic E-state index is 11.4. The Labute approximate surface area is 110 Å². The van der Waals surface area contributed by atoms with Crippen molar-refractivity contribution in [2.24, 2.45) is 0 Å². The van der Waals surface area contributed by atoms with Crippen LogP contribution in [0.15, 0.2) is 0 Å². The Morgan fingerprint density at radius 3 is 2.17 bits per heavy atom. The van der Waals surface area contributed by atoms with E-state index < -0.39 is 15.6 Å². The lowest BCUT2D eigenvalue weighted by Crippen LogP contribution is -2.23. The van der Waals surface area contributed by atoms with Crippen LogP contribution in [0.2, 0.25) is 0 Å². The molecule has 0 bridgehead atoms. The molecule has 0 amide bonds. The highest BCUT2D eigenvalue weighted by Crippen LogP contribution is 2.11. The molecule has 0 fully saturated rings. The molecular weight excluding hydrogens is 254 g/mol. The van der Waals surface area contributed by atoms with Gasteiger partial charge in [0.25, 0.3) is 0 Å². The zero-order valence-corrected chi connectivity index (χ0v) is 12.6. The fourth-order valence-electron chi connectivity index (χ4n) is 1.41. The van der Waals surface area contributed by atoms with Crippen LogP contribution in [0, 0.1) is 0 Å². The molecule has 0 radical (unpaired) electrons. The number of hydrogen-bond donors (Lipinski definition) is 1. The van der Waals surface area contributed by atoms with Crippen molar-refractivity contribution in [1.29, 1.82) is 0 Å². The summed E-state index contributed by atoms with van der Waals surface area (Å²) in [5.74, 6) is -0.0407. The van der Waals surface area contributed by atoms with Crippen LogP contribution in [-0.4, -0.2) is 32.8 Å². The van der Waals surface area contributed by atoms with Crippen LogP contribution in [0.5, 0.6) is 0 Å². The molecule has 0 aromatic heterocycles. The molecule has 0 saturated carbocycles. The maximum atomic E-state index is 11.4. The van der Waals surface area contributed by atoms with E-state index in [1.807, 2.05) is 20.8 Å². The molecule has 0 aliphatic carbocycles. The first-order chi connectivity index (χ1) is 8.16. The van der Waals surface area contributed by atoms with Gasteiger partial charge >= 0.3 is 5.97 Å². The summed E-state index contributed by atoms with van der Waals surface area (Å²) < 4.78 is 29.7. The van der Waals surface area contributed by atoms with Crippen molar-refractivity contribution in [2.45, 2.75) is 58.5 Å². The van der Waals surface area contributed by atoms with Crippen LogP contribution in [0.1, 0.15) is 52.9 Å². The van der Waals surface area contributed by atoms with Crippen LogP contribution in [0.4, 0.5) is 0 Å². The Balaban J connectivity index is 3.55. The summed E-state index contributed by atoms with van der Waals surface area (Å²) in [6.07, 6.45) is 3.42. The lowest BCUT2D eigenvalue weighted by molar-refractivity contribution is -0.154. The van der Waals surface area contributed by atoms with E-state index in [4.69, 9.17) is 4.74 Å². The number of unbranched alkanes of at least 4 members (excludes halogenated alkanes) is 3. The number of rotatable bonds is 8. The van der Waals surface area contributed by atoms with Gasteiger partial charge in [-0.2, -0.15) is 0 Å². The first kappa shape index (κ1) is 17.4. The second-order valence-corrected chi connectivity index (χ2v) is 7.32. The van der Waals surface area contributed by atoms with Gasteiger partial charge in [0.2, 0.25) is 10.0 Å². The molecular formula is C12H25NO4S. The summed E-state index contributed by atoms with van der Waals surface area (Å²) in [4.78, 5) is 11.4. The molecule has 18 heavy (non-hydrogen) atoms. The van der Waals surface area contributed by atoms with Crippen molar-refractivity contribution < 1.29 is 17.9 Å². The molecule has 0 saturated heterocycles. The van der Waals surface area contributed by atoms with Crippen molar-refractivity contribution in [3.63, 3.8) is 0 Å². The van der Waals surface area contributed by atoms with Gasteiger partial charge in [-0.15, -0.1) is 0 Å². The normalized spacial score (nSPS) is 12.4. The van der Waals surface area contributed by atoms with E-state index in [0.29, 0.717) is 12.8 Å². The number of sulfonamides is 1. The van der Waals surface area contributed by atoms with Crippen LogP contribution < -0.4 is 4.72 Å². The van der Waals surface area contributed by atoms with Crippen LogP contribution >= 0.6 is 0 Å². The third kappa shape index (κ3) is 10.5. The minimum absolute atomic E-state index is 0.149. The fourth-order valence-corrected chi connectivity index (χ4v) is 2.20. The molecule has 6 heteroatoms. The summed E-state index contributed by atoms with van der Waals surface area (Å²) in [6, 6.07) is 0. The average Bonchev–Trinajstić information content (AvgIpc) is 2.20. The van der Waals surface area contributed by atoms with Gasteiger partial charge in [-0.3, -0.25) is 4.79 Å². The van der Waals surface area contributed by atoms with E-state index in [-0.39, 0.29) is 11.7 Å². The number of carbonyl (C=O) groups excluding carboxylic acids is 1. The summed E-state index contributed by atoms with van der Waals surface area (Å²) in [5, 5.41) is 0. The molecule has 0 aromatic carbocycles. The first-order valence-corrected chi connectivity index (χ1v) is 7.94. The van der Waals surface area contributed by atoms with Crippen molar-refractivity contribution in [3.8, 4) is 0 Å². The van der Waals surface area contributed by atoms with E-state index in [2.05, 4.69) is 4.72 Å². The molecule has 1 N–H and O–H groups in total. The van der Waals surface area contributed by atoms with E-state index in [0.717, 1.165) is 19.3 Å². The number of esters is 1. The minimum atomic E-state index is -3.09. The molecule has 0 spiro atoms. The number of hydrogen-bond acceptors (Lipinski definition) is 4. The molecule has 108 valence electrons. The Morgan fingerprint density at radius 1 is 1.11 bits per heavy atom. The van der Waals surface area contributed by atoms with Gasteiger partial charge in [-0.05, 0) is 40.7 Å². The summed E-state index contributed by atoms with van der Waals surface area (Å²) in [6.45, 7) is 5.52. The number of ether oxygens (including phenoxy) is 1. The molecule has 0 atom stereocenters. The van der Waals surface area contributed by atoms with Crippen LogP contribution in [0.3, 0.4) is 0 Å². The van der Waals surface area contributed by atoms with Gasteiger partial charge in [-0.1, -0.05) is 12.8 Å². The third-order valence-corrected chi connectivity index (χ3v) is 3.72. The summed E-state index contributed by atoms with van der Waals surface area (Å²) in [7, 11) is -1.67. The van der Waals surface area contributed by atoms with Gasteiger partial charge in [0.15, 0.2) is 0 Å². The van der Waals surface area contributed by atoms with Crippen molar-refractivity contribution in [1.82, 2.24) is 4.72 Å². The highest BCUT2D eigenvalue weighted by molar-refractivity contribution is 7.89. The molecule has 0 heterocycles. The van der Waals surface area contributed by atoms with Crippen molar-refractivity contribution >= 4 is 16.0 Å². The SMILES string of the molecule is CNS(=O)(=O)CCCCCCC(=O)OC(C)(C)C. The van der Waals surface area contributed by atoms with Crippen molar-refractivity contribution in [3.05, 3.63) is 0 Å². The lowest BCUT2D eigenvalue weighted by atomic mass is 10.1. The van der Waals surface area contributed by atoms with Gasteiger partial charge in [0.05, 0.1) is 5.75 Å². The van der Waals surface area contributed by atoms with Crippen LogP contribution in [-0.2, 0) is 19.6 Å². The van der Waals surface area contributed by atoms with E-state index in [1.165, 1.54) is 7.05 Å². The Morgan fingerprint density at radius 2 is 1.67 bits per heavy atom. The van der Waals surface area contributed by atoms with Gasteiger partial charge in [0, 0.05) is 6.42 Å².